The van der Waals surface area contributed by atoms with E-state index in [9.17, 15) is 0 Å². The Labute approximate surface area is 115 Å². The van der Waals surface area contributed by atoms with Crippen molar-refractivity contribution >= 4 is 10.9 Å². The van der Waals surface area contributed by atoms with Gasteiger partial charge in [0.15, 0.2) is 0 Å². The summed E-state index contributed by atoms with van der Waals surface area (Å²) in [6.07, 6.45) is 12.8. The highest BCUT2D eigenvalue weighted by Gasteiger charge is 2.07. The molecule has 2 rings (SSSR count). The van der Waals surface area contributed by atoms with Crippen LogP contribution in [-0.4, -0.2) is 4.98 Å². The predicted molar refractivity (Wildman–Crippen MR) is 83.2 cm³/mol. The number of nitrogens with zero attached hydrogens (tertiary/aromatic N) is 1. The van der Waals surface area contributed by atoms with Gasteiger partial charge in [-0.05, 0) is 50.3 Å². The summed E-state index contributed by atoms with van der Waals surface area (Å²) in [5.41, 5.74) is 2.48. The van der Waals surface area contributed by atoms with Gasteiger partial charge in [0.1, 0.15) is 0 Å². The second kappa shape index (κ2) is 6.89. The first-order chi connectivity index (χ1) is 9.35. The summed E-state index contributed by atoms with van der Waals surface area (Å²) < 4.78 is 0. The molecule has 0 saturated carbocycles. The van der Waals surface area contributed by atoms with Gasteiger partial charge in [0.25, 0.3) is 0 Å². The number of benzene rings is 1. The fourth-order valence-electron chi connectivity index (χ4n) is 2.44. The maximum absolute atomic E-state index is 4.43. The molecule has 98 valence electrons. The van der Waals surface area contributed by atoms with Crippen LogP contribution < -0.4 is 0 Å². The maximum atomic E-state index is 4.43. The lowest BCUT2D eigenvalue weighted by Gasteiger charge is -2.12. The maximum Gasteiger partial charge on any atom is 0.0704 e. The highest BCUT2D eigenvalue weighted by Crippen LogP contribution is 2.22. The van der Waals surface area contributed by atoms with Crippen molar-refractivity contribution in [2.45, 2.75) is 26.7 Å². The molecule has 0 bridgehead atoms. The summed E-state index contributed by atoms with van der Waals surface area (Å²) in [5.74, 6) is 0.562. The summed E-state index contributed by atoms with van der Waals surface area (Å²) in [6.45, 7) is 4.17. The number of pyridine rings is 1. The van der Waals surface area contributed by atoms with E-state index in [0.29, 0.717) is 5.92 Å². The van der Waals surface area contributed by atoms with Gasteiger partial charge in [-0.15, -0.1) is 0 Å². The van der Waals surface area contributed by atoms with Crippen LogP contribution in [0.25, 0.3) is 10.9 Å². The first kappa shape index (κ1) is 13.5. The Morgan fingerprint density at radius 3 is 2.79 bits per heavy atom. The predicted octanol–water partition coefficient (Wildman–Crippen LogP) is 4.94. The summed E-state index contributed by atoms with van der Waals surface area (Å²) in [5, 5.41) is 1.28. The number of rotatable bonds is 5. The standard InChI is InChI=1S/C18H21N/c1-3-5-9-15(8-4-2)14-16-10-6-12-18-17(16)11-7-13-19-18/h3-8,10-13,15H,9,14H2,1-2H3/b5-3-,8-4+. The molecule has 0 spiro atoms. The Balaban J connectivity index is 2.28. The van der Waals surface area contributed by atoms with Crippen molar-refractivity contribution < 1.29 is 0 Å². The molecule has 0 aliphatic heterocycles. The van der Waals surface area contributed by atoms with Crippen LogP contribution in [0.5, 0.6) is 0 Å². The highest BCUT2D eigenvalue weighted by atomic mass is 14.6. The smallest absolute Gasteiger partial charge is 0.0704 e. The molecule has 0 radical (unpaired) electrons. The van der Waals surface area contributed by atoms with Crippen LogP contribution in [0.3, 0.4) is 0 Å². The normalized spacial score (nSPS) is 13.6. The molecule has 0 N–H and O–H groups in total. The van der Waals surface area contributed by atoms with Crippen LogP contribution >= 0.6 is 0 Å². The molecule has 1 atom stereocenters. The van der Waals surface area contributed by atoms with Crippen LogP contribution in [0.2, 0.25) is 0 Å². The summed E-state index contributed by atoms with van der Waals surface area (Å²) >= 11 is 0. The van der Waals surface area contributed by atoms with E-state index >= 15 is 0 Å². The van der Waals surface area contributed by atoms with Gasteiger partial charge in [0, 0.05) is 11.6 Å². The first-order valence-electron chi connectivity index (χ1n) is 6.91. The van der Waals surface area contributed by atoms with Crippen molar-refractivity contribution in [2.24, 2.45) is 5.92 Å². The van der Waals surface area contributed by atoms with Crippen molar-refractivity contribution in [2.75, 3.05) is 0 Å². The van der Waals surface area contributed by atoms with Crippen molar-refractivity contribution in [3.63, 3.8) is 0 Å². The van der Waals surface area contributed by atoms with Crippen LogP contribution in [0.4, 0.5) is 0 Å². The Morgan fingerprint density at radius 1 is 1.11 bits per heavy atom. The van der Waals surface area contributed by atoms with Crippen molar-refractivity contribution in [3.05, 3.63) is 66.4 Å². The lowest BCUT2D eigenvalue weighted by molar-refractivity contribution is 0.660. The molecule has 1 heteroatoms. The summed E-state index contributed by atoms with van der Waals surface area (Å²) in [7, 11) is 0. The minimum atomic E-state index is 0.562. The SMILES string of the molecule is C/C=C\CC(/C=C/C)Cc1cccc2ncccc12. The molecular formula is C18H21N. The number of hydrogen-bond acceptors (Lipinski definition) is 1. The molecular weight excluding hydrogens is 230 g/mol. The van der Waals surface area contributed by atoms with Crippen LogP contribution in [0.15, 0.2) is 60.8 Å². The van der Waals surface area contributed by atoms with Crippen molar-refractivity contribution in [3.8, 4) is 0 Å². The third kappa shape index (κ3) is 3.54. The molecule has 1 unspecified atom stereocenters. The zero-order valence-corrected chi connectivity index (χ0v) is 11.7. The van der Waals surface area contributed by atoms with Gasteiger partial charge in [0.05, 0.1) is 5.52 Å². The Bertz CT molecular complexity index is 576. The lowest BCUT2D eigenvalue weighted by atomic mass is 9.93. The molecule has 0 aliphatic rings. The van der Waals surface area contributed by atoms with Crippen molar-refractivity contribution in [1.29, 1.82) is 0 Å². The quantitative estimate of drug-likeness (QED) is 0.686. The van der Waals surface area contributed by atoms with Crippen LogP contribution in [-0.2, 0) is 6.42 Å². The van der Waals surface area contributed by atoms with Gasteiger partial charge in [-0.2, -0.15) is 0 Å². The largest absolute Gasteiger partial charge is 0.256 e. The Kier molecular flexibility index (Phi) is 4.91. The molecule has 1 aromatic carbocycles. The second-order valence-electron chi connectivity index (χ2n) is 4.78. The number of hydrogen-bond donors (Lipinski definition) is 0. The fraction of sp³-hybridized carbons (Fsp3) is 0.278. The minimum absolute atomic E-state index is 0.562. The van der Waals surface area contributed by atoms with Crippen LogP contribution in [0, 0.1) is 5.92 Å². The molecule has 2 aromatic rings. The van der Waals surface area contributed by atoms with E-state index in [4.69, 9.17) is 0 Å². The molecule has 1 aromatic heterocycles. The average molecular weight is 251 g/mol. The molecule has 19 heavy (non-hydrogen) atoms. The van der Waals surface area contributed by atoms with Gasteiger partial charge in [-0.1, -0.05) is 42.5 Å². The molecule has 0 fully saturated rings. The third-order valence-electron chi connectivity index (χ3n) is 3.36. The molecule has 1 heterocycles. The Hall–Kier alpha value is -1.89. The molecule has 0 aliphatic carbocycles. The van der Waals surface area contributed by atoms with Gasteiger partial charge in [-0.25, -0.2) is 0 Å². The zero-order valence-electron chi connectivity index (χ0n) is 11.7. The summed E-state index contributed by atoms with van der Waals surface area (Å²) in [4.78, 5) is 4.43. The first-order valence-corrected chi connectivity index (χ1v) is 6.91. The third-order valence-corrected chi connectivity index (χ3v) is 3.36. The van der Waals surface area contributed by atoms with Crippen molar-refractivity contribution in [1.82, 2.24) is 4.98 Å². The number of allylic oxidation sites excluding steroid dienone is 4. The van der Waals surface area contributed by atoms with Crippen LogP contribution in [0.1, 0.15) is 25.8 Å². The molecule has 1 nitrogen and oxygen atoms in total. The van der Waals surface area contributed by atoms with Gasteiger partial charge in [0.2, 0.25) is 0 Å². The van der Waals surface area contributed by atoms with E-state index in [2.05, 4.69) is 67.4 Å². The van der Waals surface area contributed by atoms with Gasteiger partial charge < -0.3 is 0 Å². The van der Waals surface area contributed by atoms with E-state index in [1.807, 2.05) is 12.3 Å². The van der Waals surface area contributed by atoms with Gasteiger partial charge in [-0.3, -0.25) is 4.98 Å². The minimum Gasteiger partial charge on any atom is -0.256 e. The fourth-order valence-corrected chi connectivity index (χ4v) is 2.44. The topological polar surface area (TPSA) is 12.9 Å². The van der Waals surface area contributed by atoms with E-state index in [0.717, 1.165) is 18.4 Å². The van der Waals surface area contributed by atoms with Gasteiger partial charge >= 0.3 is 0 Å². The van der Waals surface area contributed by atoms with E-state index < -0.39 is 0 Å². The monoisotopic (exact) mass is 251 g/mol. The van der Waals surface area contributed by atoms with E-state index in [1.54, 1.807) is 0 Å². The molecule has 0 amide bonds. The lowest BCUT2D eigenvalue weighted by Crippen LogP contribution is -2.01. The Morgan fingerprint density at radius 2 is 2.00 bits per heavy atom. The summed E-state index contributed by atoms with van der Waals surface area (Å²) in [6, 6.07) is 10.6. The van der Waals surface area contributed by atoms with E-state index in [1.165, 1.54) is 10.9 Å². The zero-order chi connectivity index (χ0) is 13.5. The van der Waals surface area contributed by atoms with E-state index in [-0.39, 0.29) is 0 Å². The number of fused-ring (bicyclic) bond motifs is 1. The highest BCUT2D eigenvalue weighted by molar-refractivity contribution is 5.81. The average Bonchev–Trinajstić information content (AvgIpc) is 2.45. The second-order valence-corrected chi connectivity index (χ2v) is 4.78. The molecule has 0 saturated heterocycles. The number of aromatic nitrogens is 1.